The first-order chi connectivity index (χ1) is 15.8. The van der Waals surface area contributed by atoms with Crippen molar-refractivity contribution in [3.05, 3.63) is 99.6 Å². The van der Waals surface area contributed by atoms with Gasteiger partial charge < -0.3 is 4.74 Å². The fourth-order valence-electron chi connectivity index (χ4n) is 4.58. The van der Waals surface area contributed by atoms with Crippen molar-refractivity contribution in [1.82, 2.24) is 4.90 Å². The highest BCUT2D eigenvalue weighted by Crippen LogP contribution is 2.49. The molecule has 3 aromatic rings. The third kappa shape index (κ3) is 3.31. The van der Waals surface area contributed by atoms with Gasteiger partial charge in [-0.2, -0.15) is 0 Å². The van der Waals surface area contributed by atoms with Crippen molar-refractivity contribution in [2.45, 2.75) is 32.0 Å². The van der Waals surface area contributed by atoms with Crippen LogP contribution in [0.4, 0.5) is 16.2 Å². The number of nitro groups is 1. The van der Waals surface area contributed by atoms with Crippen LogP contribution < -0.4 is 9.64 Å². The molecule has 0 spiro atoms. The van der Waals surface area contributed by atoms with Gasteiger partial charge in [0.05, 0.1) is 11.0 Å². The lowest BCUT2D eigenvalue weighted by atomic mass is 9.88. The summed E-state index contributed by atoms with van der Waals surface area (Å²) in [5, 5.41) is 11.0. The van der Waals surface area contributed by atoms with Crippen molar-refractivity contribution < 1.29 is 19.2 Å². The first kappa shape index (κ1) is 20.7. The number of carbonyl (C=O) groups excluding carboxylic acids is 2. The van der Waals surface area contributed by atoms with Gasteiger partial charge in [0.1, 0.15) is 5.75 Å². The van der Waals surface area contributed by atoms with E-state index in [1.54, 1.807) is 0 Å². The molecule has 8 nitrogen and oxygen atoms in total. The number of nitro benzene ring substituents is 1. The highest BCUT2D eigenvalue weighted by molar-refractivity contribution is 6.10. The van der Waals surface area contributed by atoms with Crippen LogP contribution in [0.1, 0.15) is 40.9 Å². The molecule has 0 N–H and O–H groups in total. The van der Waals surface area contributed by atoms with Crippen LogP contribution in [0.3, 0.4) is 0 Å². The Morgan fingerprint density at radius 3 is 2.39 bits per heavy atom. The van der Waals surface area contributed by atoms with Crippen molar-refractivity contribution in [3.8, 4) is 5.75 Å². The molecule has 0 aromatic heterocycles. The molecule has 5 rings (SSSR count). The van der Waals surface area contributed by atoms with Gasteiger partial charge in [-0.25, -0.2) is 4.79 Å². The Bertz CT molecular complexity index is 1270. The number of hydrogen-bond acceptors (Lipinski definition) is 5. The number of rotatable bonds is 3. The van der Waals surface area contributed by atoms with Crippen molar-refractivity contribution in [2.75, 3.05) is 4.90 Å². The smallest absolute Gasteiger partial charge is 0.335 e. The van der Waals surface area contributed by atoms with Gasteiger partial charge in [0, 0.05) is 35.4 Å². The van der Waals surface area contributed by atoms with E-state index in [2.05, 4.69) is 0 Å². The maximum Gasteiger partial charge on any atom is 0.335 e. The van der Waals surface area contributed by atoms with Crippen LogP contribution >= 0.6 is 0 Å². The minimum Gasteiger partial charge on any atom is -0.467 e. The molecule has 1 fully saturated rings. The molecule has 0 aliphatic carbocycles. The summed E-state index contributed by atoms with van der Waals surface area (Å²) in [5.74, 6) is 0.0955. The number of hydrogen-bond donors (Lipinski definition) is 0. The number of benzene rings is 3. The monoisotopic (exact) mass is 443 g/mol. The number of non-ortho nitro benzene ring substituents is 1. The number of urea groups is 1. The Kier molecular flexibility index (Phi) is 4.67. The van der Waals surface area contributed by atoms with Gasteiger partial charge in [0.2, 0.25) is 0 Å². The Balaban J connectivity index is 1.63. The lowest BCUT2D eigenvalue weighted by Gasteiger charge is -2.53. The number of aryl methyl sites for hydroxylation is 1. The zero-order valence-corrected chi connectivity index (χ0v) is 18.1. The van der Waals surface area contributed by atoms with Crippen LogP contribution in [0.2, 0.25) is 0 Å². The van der Waals surface area contributed by atoms with E-state index in [1.165, 1.54) is 34.1 Å². The predicted octanol–water partition coefficient (Wildman–Crippen LogP) is 5.23. The number of nitrogens with zero attached hydrogens (tertiary/aromatic N) is 3. The quantitative estimate of drug-likeness (QED) is 0.408. The molecule has 166 valence electrons. The highest BCUT2D eigenvalue weighted by atomic mass is 16.6. The molecular formula is C25H21N3O5. The summed E-state index contributed by atoms with van der Waals surface area (Å²) in [7, 11) is 0. The van der Waals surface area contributed by atoms with Crippen LogP contribution in [-0.4, -0.2) is 27.5 Å². The van der Waals surface area contributed by atoms with Gasteiger partial charge >= 0.3 is 6.03 Å². The second-order valence-electron chi connectivity index (χ2n) is 8.47. The summed E-state index contributed by atoms with van der Waals surface area (Å²) in [6, 6.07) is 19.1. The Morgan fingerprint density at radius 1 is 1.06 bits per heavy atom. The van der Waals surface area contributed by atoms with E-state index >= 15 is 0 Å². The van der Waals surface area contributed by atoms with E-state index in [0.717, 1.165) is 11.1 Å². The topological polar surface area (TPSA) is 93.0 Å². The van der Waals surface area contributed by atoms with Crippen LogP contribution in [-0.2, 0) is 0 Å². The second-order valence-corrected chi connectivity index (χ2v) is 8.47. The third-order valence-corrected chi connectivity index (χ3v) is 6.20. The standard InChI is InChI=1S/C25H21N3O5/c1-16-7-11-18(12-8-16)27-24(30)26(23(29)17-9-13-19(14-10-17)28(31)32)21-15-25(27,2)33-22-6-4-3-5-20(21)22/h3-14,21H,15H2,1-2H3/t21-,25+/m1/s1. The average Bonchev–Trinajstić information content (AvgIpc) is 2.80. The van der Waals surface area contributed by atoms with Crippen LogP contribution in [0, 0.1) is 17.0 Å². The molecule has 2 aliphatic rings. The van der Waals surface area contributed by atoms with Gasteiger partial charge in [-0.3, -0.25) is 24.7 Å². The first-order valence-corrected chi connectivity index (χ1v) is 10.6. The number of carbonyl (C=O) groups is 2. The molecule has 2 aliphatic heterocycles. The van der Waals surface area contributed by atoms with Gasteiger partial charge in [0.15, 0.2) is 5.72 Å². The number of fused-ring (bicyclic) bond motifs is 4. The molecule has 0 saturated carbocycles. The van der Waals surface area contributed by atoms with Gasteiger partial charge in [-0.1, -0.05) is 35.9 Å². The maximum atomic E-state index is 13.9. The molecule has 2 heterocycles. The van der Waals surface area contributed by atoms with E-state index in [9.17, 15) is 19.7 Å². The Hall–Kier alpha value is -4.20. The summed E-state index contributed by atoms with van der Waals surface area (Å²) >= 11 is 0. The highest BCUT2D eigenvalue weighted by Gasteiger charge is 2.55. The fraction of sp³-hybridized carbons (Fsp3) is 0.200. The SMILES string of the molecule is Cc1ccc(N2C(=O)N(C(=O)c3ccc([N+](=O)[O-])cc3)[C@@H]3C[C@]2(C)Oc2ccccc23)cc1. The van der Waals surface area contributed by atoms with E-state index in [1.807, 2.05) is 62.4 Å². The van der Waals surface area contributed by atoms with E-state index in [4.69, 9.17) is 4.74 Å². The Morgan fingerprint density at radius 2 is 1.73 bits per heavy atom. The lowest BCUT2D eigenvalue weighted by molar-refractivity contribution is -0.384. The normalized spacial score (nSPS) is 21.3. The van der Waals surface area contributed by atoms with E-state index in [0.29, 0.717) is 17.9 Å². The van der Waals surface area contributed by atoms with Crippen molar-refractivity contribution in [2.24, 2.45) is 0 Å². The number of ether oxygens (including phenoxy) is 1. The molecular weight excluding hydrogens is 422 g/mol. The molecule has 0 radical (unpaired) electrons. The van der Waals surface area contributed by atoms with E-state index < -0.39 is 28.6 Å². The zero-order chi connectivity index (χ0) is 23.3. The fourth-order valence-corrected chi connectivity index (χ4v) is 4.58. The molecule has 8 heteroatoms. The maximum absolute atomic E-state index is 13.9. The summed E-state index contributed by atoms with van der Waals surface area (Å²) < 4.78 is 6.33. The zero-order valence-electron chi connectivity index (χ0n) is 18.1. The average molecular weight is 443 g/mol. The van der Waals surface area contributed by atoms with Crippen molar-refractivity contribution in [3.63, 3.8) is 0 Å². The molecule has 3 aromatic carbocycles. The number of para-hydroxylation sites is 1. The van der Waals surface area contributed by atoms with Crippen molar-refractivity contribution >= 4 is 23.3 Å². The van der Waals surface area contributed by atoms with Crippen LogP contribution in [0.5, 0.6) is 5.75 Å². The lowest BCUT2D eigenvalue weighted by Crippen LogP contribution is -2.67. The van der Waals surface area contributed by atoms with E-state index in [-0.39, 0.29) is 11.3 Å². The summed E-state index contributed by atoms with van der Waals surface area (Å²) in [4.78, 5) is 40.7. The van der Waals surface area contributed by atoms with Crippen molar-refractivity contribution in [1.29, 1.82) is 0 Å². The predicted molar refractivity (Wildman–Crippen MR) is 121 cm³/mol. The minimum atomic E-state index is -0.988. The largest absolute Gasteiger partial charge is 0.467 e. The second kappa shape index (κ2) is 7.44. The molecule has 0 unspecified atom stereocenters. The number of imide groups is 1. The van der Waals surface area contributed by atoms with Gasteiger partial charge in [-0.15, -0.1) is 0 Å². The minimum absolute atomic E-state index is 0.123. The van der Waals surface area contributed by atoms with Gasteiger partial charge in [0.25, 0.3) is 11.6 Å². The number of amides is 3. The molecule has 2 atom stereocenters. The van der Waals surface area contributed by atoms with Crippen LogP contribution in [0.15, 0.2) is 72.8 Å². The Labute approximate surface area is 190 Å². The molecule has 1 saturated heterocycles. The summed E-state index contributed by atoms with van der Waals surface area (Å²) in [6.45, 7) is 3.80. The third-order valence-electron chi connectivity index (χ3n) is 6.20. The number of anilines is 1. The summed E-state index contributed by atoms with van der Waals surface area (Å²) in [6.07, 6.45) is 0.377. The first-order valence-electron chi connectivity index (χ1n) is 10.6. The molecule has 3 amide bonds. The van der Waals surface area contributed by atoms with Crippen LogP contribution in [0.25, 0.3) is 0 Å². The molecule has 33 heavy (non-hydrogen) atoms. The summed E-state index contributed by atoms with van der Waals surface area (Å²) in [5.41, 5.74) is 1.50. The van der Waals surface area contributed by atoms with Gasteiger partial charge in [-0.05, 0) is 44.2 Å². The molecule has 2 bridgehead atoms.